The molecule has 0 saturated heterocycles. The Morgan fingerprint density at radius 2 is 1.75 bits per heavy atom. The molecule has 124 valence electrons. The van der Waals surface area contributed by atoms with Crippen molar-refractivity contribution in [2.24, 2.45) is 5.14 Å². The van der Waals surface area contributed by atoms with Gasteiger partial charge in [-0.2, -0.15) is 0 Å². The van der Waals surface area contributed by atoms with Crippen molar-refractivity contribution in [3.8, 4) is 5.75 Å². The van der Waals surface area contributed by atoms with Crippen LogP contribution in [0, 0.1) is 0 Å². The largest absolute Gasteiger partial charge is 0.505 e. The maximum Gasteiger partial charge on any atom is 0.256 e. The molecule has 4 N–H and O–H groups in total. The number of halogens is 2. The molecule has 0 unspecified atom stereocenters. The highest BCUT2D eigenvalue weighted by atomic mass is 35.5. The van der Waals surface area contributed by atoms with Gasteiger partial charge in [-0.25, -0.2) is 13.6 Å². The lowest BCUT2D eigenvalue weighted by molar-refractivity contribution is -0.110. The van der Waals surface area contributed by atoms with Crippen molar-refractivity contribution in [3.63, 3.8) is 0 Å². The minimum absolute atomic E-state index is 0.0336. The van der Waals surface area contributed by atoms with E-state index in [1.165, 1.54) is 36.4 Å². The fourth-order valence-electron chi connectivity index (χ4n) is 2.32. The van der Waals surface area contributed by atoms with E-state index < -0.39 is 15.9 Å². The molecule has 2 aromatic carbocycles. The number of rotatable bonds is 2. The second kappa shape index (κ2) is 5.78. The minimum Gasteiger partial charge on any atom is -0.505 e. The molecule has 1 amide bonds. The summed E-state index contributed by atoms with van der Waals surface area (Å²) in [6.45, 7) is 0. The van der Waals surface area contributed by atoms with Crippen molar-refractivity contribution in [3.05, 3.63) is 51.5 Å². The maximum atomic E-state index is 12.2. The number of amides is 1. The van der Waals surface area contributed by atoms with Crippen molar-refractivity contribution in [2.75, 3.05) is 5.32 Å². The van der Waals surface area contributed by atoms with E-state index in [9.17, 15) is 18.3 Å². The predicted octanol–water partition coefficient (Wildman–Crippen LogP) is 2.84. The van der Waals surface area contributed by atoms with Crippen molar-refractivity contribution >= 4 is 56.5 Å². The Morgan fingerprint density at radius 1 is 1.12 bits per heavy atom. The summed E-state index contributed by atoms with van der Waals surface area (Å²) in [7, 11) is -3.90. The summed E-state index contributed by atoms with van der Waals surface area (Å²) >= 11 is 11.7. The van der Waals surface area contributed by atoms with Gasteiger partial charge >= 0.3 is 0 Å². The van der Waals surface area contributed by atoms with E-state index >= 15 is 0 Å². The molecule has 0 fully saturated rings. The van der Waals surface area contributed by atoms with Gasteiger partial charge in [0.2, 0.25) is 10.0 Å². The number of carbonyl (C=O) groups is 1. The van der Waals surface area contributed by atoms with Crippen LogP contribution in [0.3, 0.4) is 0 Å². The van der Waals surface area contributed by atoms with Gasteiger partial charge < -0.3 is 10.4 Å². The van der Waals surface area contributed by atoms with Gasteiger partial charge in [0.1, 0.15) is 0 Å². The molecule has 9 heteroatoms. The van der Waals surface area contributed by atoms with E-state index in [0.29, 0.717) is 16.8 Å². The number of phenolic OH excluding ortho intramolecular Hbond substituents is 1. The zero-order valence-corrected chi connectivity index (χ0v) is 14.2. The number of benzene rings is 2. The molecule has 24 heavy (non-hydrogen) atoms. The van der Waals surface area contributed by atoms with Gasteiger partial charge in [-0.15, -0.1) is 0 Å². The summed E-state index contributed by atoms with van der Waals surface area (Å²) in [4.78, 5) is 12.1. The predicted molar refractivity (Wildman–Crippen MR) is 92.4 cm³/mol. The van der Waals surface area contributed by atoms with Gasteiger partial charge in [-0.1, -0.05) is 23.2 Å². The molecule has 1 aliphatic heterocycles. The van der Waals surface area contributed by atoms with Crippen molar-refractivity contribution < 1.29 is 18.3 Å². The first kappa shape index (κ1) is 16.8. The summed E-state index contributed by atoms with van der Waals surface area (Å²) in [5.74, 6) is -0.662. The summed E-state index contributed by atoms with van der Waals surface area (Å²) in [6, 6.07) is 6.96. The Morgan fingerprint density at radius 3 is 2.33 bits per heavy atom. The highest BCUT2D eigenvalue weighted by Gasteiger charge is 2.26. The van der Waals surface area contributed by atoms with Crippen molar-refractivity contribution in [1.29, 1.82) is 0 Å². The summed E-state index contributed by atoms with van der Waals surface area (Å²) in [5.41, 5.74) is 1.57. The highest BCUT2D eigenvalue weighted by molar-refractivity contribution is 7.89. The molecular formula is C15H10Cl2N2O4S. The number of hydrogen-bond acceptors (Lipinski definition) is 4. The van der Waals surface area contributed by atoms with Crippen LogP contribution in [-0.2, 0) is 14.8 Å². The zero-order chi connectivity index (χ0) is 17.6. The number of nitrogens with two attached hydrogens (primary N) is 1. The number of fused-ring (bicyclic) bond motifs is 1. The highest BCUT2D eigenvalue weighted by Crippen LogP contribution is 2.37. The average Bonchev–Trinajstić information content (AvgIpc) is 2.79. The van der Waals surface area contributed by atoms with E-state index in [1.54, 1.807) is 0 Å². The lowest BCUT2D eigenvalue weighted by atomic mass is 10.0. The average molecular weight is 385 g/mol. The van der Waals surface area contributed by atoms with Gasteiger partial charge in [0, 0.05) is 16.8 Å². The second-order valence-electron chi connectivity index (χ2n) is 5.10. The number of primary sulfonamides is 1. The molecule has 1 aliphatic rings. The van der Waals surface area contributed by atoms with Crippen LogP contribution < -0.4 is 10.5 Å². The molecule has 0 bridgehead atoms. The van der Waals surface area contributed by atoms with E-state index in [2.05, 4.69) is 5.32 Å². The first-order valence-corrected chi connectivity index (χ1v) is 8.85. The van der Waals surface area contributed by atoms with Crippen LogP contribution in [0.4, 0.5) is 5.69 Å². The fraction of sp³-hybridized carbons (Fsp3) is 0. The molecule has 0 radical (unpaired) electrons. The monoisotopic (exact) mass is 384 g/mol. The molecule has 0 atom stereocenters. The first-order chi connectivity index (χ1) is 11.2. The summed E-state index contributed by atoms with van der Waals surface area (Å²) < 4.78 is 23.0. The summed E-state index contributed by atoms with van der Waals surface area (Å²) in [6.07, 6.45) is 1.49. The van der Waals surface area contributed by atoms with Gasteiger partial charge in [0.25, 0.3) is 5.91 Å². The molecule has 3 rings (SSSR count). The van der Waals surface area contributed by atoms with Gasteiger partial charge in [-0.05, 0) is 42.0 Å². The van der Waals surface area contributed by atoms with Crippen LogP contribution in [0.15, 0.2) is 35.2 Å². The molecule has 0 aliphatic carbocycles. The molecule has 6 nitrogen and oxygen atoms in total. The molecular weight excluding hydrogens is 375 g/mol. The quantitative estimate of drug-likeness (QED) is 0.691. The molecule has 2 aromatic rings. The Kier molecular flexibility index (Phi) is 4.05. The zero-order valence-electron chi connectivity index (χ0n) is 11.9. The van der Waals surface area contributed by atoms with Gasteiger partial charge in [0.15, 0.2) is 5.75 Å². The van der Waals surface area contributed by atoms with Gasteiger partial charge in [0.05, 0.1) is 14.9 Å². The Bertz CT molecular complexity index is 993. The van der Waals surface area contributed by atoms with Crippen molar-refractivity contribution in [1.82, 2.24) is 0 Å². The third-order valence-corrected chi connectivity index (χ3v) is 4.94. The standard InChI is InChI=1S/C15H10Cl2N2O4S/c16-11-4-7(5-12(17)14(11)20)3-10-9-6-8(24(18,22)23)1-2-13(9)19-15(10)21/h1-6,20H,(H,19,21)(H2,18,22,23). The van der Waals surface area contributed by atoms with Crippen LogP contribution in [0.1, 0.15) is 11.1 Å². The maximum absolute atomic E-state index is 12.2. The van der Waals surface area contributed by atoms with Crippen molar-refractivity contribution in [2.45, 2.75) is 4.90 Å². The van der Waals surface area contributed by atoms with Crippen LogP contribution in [-0.4, -0.2) is 19.4 Å². The number of nitrogens with one attached hydrogen (secondary N) is 1. The van der Waals surface area contributed by atoms with E-state index in [-0.39, 0.29) is 26.3 Å². The smallest absolute Gasteiger partial charge is 0.256 e. The van der Waals surface area contributed by atoms with Gasteiger partial charge in [-0.3, -0.25) is 4.79 Å². The normalized spacial score (nSPS) is 15.5. The van der Waals surface area contributed by atoms with Crippen LogP contribution in [0.2, 0.25) is 10.0 Å². The van der Waals surface area contributed by atoms with E-state index in [0.717, 1.165) is 0 Å². The third kappa shape index (κ3) is 2.99. The molecule has 0 spiro atoms. The Labute approximate surface area is 147 Å². The Hall–Kier alpha value is -2.06. The Balaban J connectivity index is 2.16. The number of anilines is 1. The number of carbonyl (C=O) groups excluding carboxylic acids is 1. The molecule has 0 aromatic heterocycles. The summed E-state index contributed by atoms with van der Waals surface area (Å²) in [5, 5.41) is 17.4. The lowest BCUT2D eigenvalue weighted by Gasteiger charge is -2.04. The second-order valence-corrected chi connectivity index (χ2v) is 7.47. The minimum atomic E-state index is -3.90. The SMILES string of the molecule is NS(=O)(=O)c1ccc2c(c1)C(=Cc1cc(Cl)c(O)c(Cl)c1)C(=O)N2. The first-order valence-electron chi connectivity index (χ1n) is 6.55. The van der Waals surface area contributed by atoms with Crippen LogP contribution >= 0.6 is 23.2 Å². The number of sulfonamides is 1. The fourth-order valence-corrected chi connectivity index (χ4v) is 3.37. The topological polar surface area (TPSA) is 109 Å². The number of aromatic hydroxyl groups is 1. The molecule has 1 heterocycles. The lowest BCUT2D eigenvalue weighted by Crippen LogP contribution is -2.12. The third-order valence-electron chi connectivity index (χ3n) is 3.45. The van der Waals surface area contributed by atoms with Crippen LogP contribution in [0.25, 0.3) is 11.6 Å². The number of hydrogen-bond donors (Lipinski definition) is 3. The molecule has 0 saturated carbocycles. The van der Waals surface area contributed by atoms with E-state index in [1.807, 2.05) is 0 Å². The number of phenols is 1. The van der Waals surface area contributed by atoms with E-state index in [4.69, 9.17) is 28.3 Å². The van der Waals surface area contributed by atoms with Crippen LogP contribution in [0.5, 0.6) is 5.75 Å².